The molecule has 2 aromatic rings. The standard InChI is InChI=1S/C23H30N6O3/c1-16(29-15-24-14-25-29)21(30)26-18-9-11-19(12-10-18)27-22(31)20-8-5-13-28(20)23(32)17-6-3-2-4-7-17/h9-12,14-17,20H,2-8,13H2,1H3,(H,26,30)(H,27,31). The van der Waals surface area contributed by atoms with Gasteiger partial charge in [-0.2, -0.15) is 5.10 Å². The lowest BCUT2D eigenvalue weighted by Gasteiger charge is -2.30. The molecule has 3 amide bonds. The first kappa shape index (κ1) is 22.0. The highest BCUT2D eigenvalue weighted by Gasteiger charge is 2.37. The molecule has 9 nitrogen and oxygen atoms in total. The van der Waals surface area contributed by atoms with E-state index in [0.29, 0.717) is 24.3 Å². The van der Waals surface area contributed by atoms with Gasteiger partial charge in [-0.3, -0.25) is 14.4 Å². The Kier molecular flexibility index (Phi) is 6.82. The fraction of sp³-hybridized carbons (Fsp3) is 0.522. The molecule has 1 aromatic heterocycles. The van der Waals surface area contributed by atoms with E-state index in [4.69, 9.17) is 0 Å². The Morgan fingerprint density at radius 1 is 0.969 bits per heavy atom. The summed E-state index contributed by atoms with van der Waals surface area (Å²) in [6, 6.07) is 6.06. The molecule has 4 rings (SSSR count). The average Bonchev–Trinajstić information content (AvgIpc) is 3.52. The predicted octanol–water partition coefficient (Wildman–Crippen LogP) is 2.99. The van der Waals surface area contributed by atoms with E-state index in [2.05, 4.69) is 20.7 Å². The van der Waals surface area contributed by atoms with Crippen molar-refractivity contribution in [3.63, 3.8) is 0 Å². The van der Waals surface area contributed by atoms with Crippen LogP contribution in [0.5, 0.6) is 0 Å². The van der Waals surface area contributed by atoms with Crippen LogP contribution in [0.2, 0.25) is 0 Å². The van der Waals surface area contributed by atoms with E-state index in [1.54, 1.807) is 36.1 Å². The molecule has 1 aliphatic carbocycles. The Hall–Kier alpha value is -3.23. The Labute approximate surface area is 187 Å². The van der Waals surface area contributed by atoms with Gasteiger partial charge in [0.15, 0.2) is 0 Å². The Morgan fingerprint density at radius 2 is 1.66 bits per heavy atom. The number of anilines is 2. The molecule has 2 unspecified atom stereocenters. The first-order valence-electron chi connectivity index (χ1n) is 11.4. The van der Waals surface area contributed by atoms with E-state index in [1.165, 1.54) is 23.8 Å². The molecule has 1 aromatic carbocycles. The fourth-order valence-corrected chi connectivity index (χ4v) is 4.53. The maximum Gasteiger partial charge on any atom is 0.249 e. The van der Waals surface area contributed by atoms with Crippen LogP contribution in [-0.2, 0) is 14.4 Å². The molecular weight excluding hydrogens is 408 g/mol. The number of hydrogen-bond acceptors (Lipinski definition) is 5. The van der Waals surface area contributed by atoms with E-state index in [9.17, 15) is 14.4 Å². The van der Waals surface area contributed by atoms with Crippen LogP contribution in [0, 0.1) is 5.92 Å². The summed E-state index contributed by atoms with van der Waals surface area (Å²) in [6.45, 7) is 2.39. The van der Waals surface area contributed by atoms with Crippen molar-refractivity contribution < 1.29 is 14.4 Å². The van der Waals surface area contributed by atoms with E-state index >= 15 is 0 Å². The summed E-state index contributed by atoms with van der Waals surface area (Å²) in [6.07, 6.45) is 9.69. The van der Waals surface area contributed by atoms with Crippen LogP contribution in [0.15, 0.2) is 36.9 Å². The van der Waals surface area contributed by atoms with E-state index in [0.717, 1.165) is 32.1 Å². The second-order valence-electron chi connectivity index (χ2n) is 8.63. The van der Waals surface area contributed by atoms with Crippen molar-refractivity contribution in [3.8, 4) is 0 Å². The summed E-state index contributed by atoms with van der Waals surface area (Å²) in [5.41, 5.74) is 1.25. The van der Waals surface area contributed by atoms with Crippen molar-refractivity contribution in [2.24, 2.45) is 5.92 Å². The third-order valence-electron chi connectivity index (χ3n) is 6.43. The highest BCUT2D eigenvalue weighted by molar-refractivity contribution is 5.98. The number of nitrogens with one attached hydrogen (secondary N) is 2. The first-order valence-corrected chi connectivity index (χ1v) is 11.4. The summed E-state index contributed by atoms with van der Waals surface area (Å²) >= 11 is 0. The molecule has 2 heterocycles. The largest absolute Gasteiger partial charge is 0.330 e. The number of carbonyl (C=O) groups excluding carboxylic acids is 3. The number of amides is 3. The van der Waals surface area contributed by atoms with Crippen LogP contribution in [0.4, 0.5) is 11.4 Å². The van der Waals surface area contributed by atoms with Gasteiger partial charge in [0.2, 0.25) is 17.7 Å². The molecule has 9 heteroatoms. The van der Waals surface area contributed by atoms with Gasteiger partial charge in [-0.15, -0.1) is 0 Å². The van der Waals surface area contributed by atoms with Crippen molar-refractivity contribution in [3.05, 3.63) is 36.9 Å². The number of aromatic nitrogens is 3. The molecule has 2 aliphatic rings. The SMILES string of the molecule is CC(C(=O)Nc1ccc(NC(=O)C2CCCN2C(=O)C2CCCCC2)cc1)n1cncn1. The number of rotatable bonds is 6. The third kappa shape index (κ3) is 4.98. The monoisotopic (exact) mass is 438 g/mol. The minimum atomic E-state index is -0.494. The molecule has 2 N–H and O–H groups in total. The molecule has 0 bridgehead atoms. The van der Waals surface area contributed by atoms with Gasteiger partial charge >= 0.3 is 0 Å². The van der Waals surface area contributed by atoms with Gasteiger partial charge in [-0.1, -0.05) is 19.3 Å². The van der Waals surface area contributed by atoms with Gasteiger partial charge < -0.3 is 15.5 Å². The summed E-state index contributed by atoms with van der Waals surface area (Å²) in [5.74, 6) is -0.153. The van der Waals surface area contributed by atoms with Gasteiger partial charge in [0.05, 0.1) is 0 Å². The van der Waals surface area contributed by atoms with Gasteiger partial charge in [0.25, 0.3) is 0 Å². The van der Waals surface area contributed by atoms with Crippen LogP contribution < -0.4 is 10.6 Å². The molecule has 0 spiro atoms. The molecule has 1 aliphatic heterocycles. The van der Waals surface area contributed by atoms with Gasteiger partial charge in [-0.25, -0.2) is 9.67 Å². The summed E-state index contributed by atoms with van der Waals surface area (Å²) < 4.78 is 1.48. The summed E-state index contributed by atoms with van der Waals surface area (Å²) in [4.78, 5) is 43.9. The average molecular weight is 439 g/mol. The molecule has 0 radical (unpaired) electrons. The van der Waals surface area contributed by atoms with Crippen molar-refractivity contribution >= 4 is 29.1 Å². The molecule has 1 saturated carbocycles. The maximum atomic E-state index is 13.0. The highest BCUT2D eigenvalue weighted by Crippen LogP contribution is 2.29. The highest BCUT2D eigenvalue weighted by atomic mass is 16.2. The van der Waals surface area contributed by atoms with E-state index < -0.39 is 12.1 Å². The number of carbonyl (C=O) groups is 3. The van der Waals surface area contributed by atoms with Crippen LogP contribution in [-0.4, -0.2) is 50.0 Å². The van der Waals surface area contributed by atoms with Crippen LogP contribution >= 0.6 is 0 Å². The van der Waals surface area contributed by atoms with Crippen LogP contribution in [0.25, 0.3) is 0 Å². The number of nitrogens with zero attached hydrogens (tertiary/aromatic N) is 4. The second-order valence-corrected chi connectivity index (χ2v) is 8.63. The smallest absolute Gasteiger partial charge is 0.249 e. The normalized spacial score (nSPS) is 20.0. The maximum absolute atomic E-state index is 13.0. The van der Waals surface area contributed by atoms with Crippen molar-refractivity contribution in [1.82, 2.24) is 19.7 Å². The van der Waals surface area contributed by atoms with Gasteiger partial charge in [-0.05, 0) is 56.9 Å². The third-order valence-corrected chi connectivity index (χ3v) is 6.43. The van der Waals surface area contributed by atoms with Gasteiger partial charge in [0.1, 0.15) is 24.7 Å². The van der Waals surface area contributed by atoms with Crippen LogP contribution in [0.1, 0.15) is 57.9 Å². The Morgan fingerprint density at radius 3 is 2.31 bits per heavy atom. The molecule has 32 heavy (non-hydrogen) atoms. The molecule has 2 fully saturated rings. The van der Waals surface area contributed by atoms with Crippen LogP contribution in [0.3, 0.4) is 0 Å². The van der Waals surface area contributed by atoms with Crippen molar-refractivity contribution in [1.29, 1.82) is 0 Å². The van der Waals surface area contributed by atoms with E-state index in [-0.39, 0.29) is 23.6 Å². The quantitative estimate of drug-likeness (QED) is 0.721. The molecule has 1 saturated heterocycles. The zero-order chi connectivity index (χ0) is 22.5. The zero-order valence-electron chi connectivity index (χ0n) is 18.4. The van der Waals surface area contributed by atoms with Gasteiger partial charge in [0, 0.05) is 23.8 Å². The molecular formula is C23H30N6O3. The number of hydrogen-bond donors (Lipinski definition) is 2. The summed E-state index contributed by atoms with van der Waals surface area (Å²) in [7, 11) is 0. The predicted molar refractivity (Wildman–Crippen MR) is 120 cm³/mol. The van der Waals surface area contributed by atoms with E-state index in [1.807, 2.05) is 0 Å². The Balaban J connectivity index is 1.33. The molecule has 2 atom stereocenters. The molecule has 170 valence electrons. The summed E-state index contributed by atoms with van der Waals surface area (Å²) in [5, 5.41) is 9.74. The van der Waals surface area contributed by atoms with Crippen molar-refractivity contribution in [2.45, 2.75) is 64.0 Å². The topological polar surface area (TPSA) is 109 Å². The van der Waals surface area contributed by atoms with Crippen molar-refractivity contribution in [2.75, 3.05) is 17.2 Å². The zero-order valence-corrected chi connectivity index (χ0v) is 18.4. The Bertz CT molecular complexity index is 937. The number of likely N-dealkylation sites (tertiary alicyclic amines) is 1. The fourth-order valence-electron chi connectivity index (χ4n) is 4.53. The lowest BCUT2D eigenvalue weighted by molar-refractivity contribution is -0.141. The number of benzene rings is 1. The lowest BCUT2D eigenvalue weighted by atomic mass is 9.88. The first-order chi connectivity index (χ1) is 15.5. The second kappa shape index (κ2) is 9.93. The minimum Gasteiger partial charge on any atom is -0.330 e. The lowest BCUT2D eigenvalue weighted by Crippen LogP contribution is -2.46. The minimum absolute atomic E-state index is 0.0694.